The molecule has 0 atom stereocenters. The molecule has 10 nitrogen and oxygen atoms in total. The number of nitrogens with zero attached hydrogens (tertiary/aromatic N) is 6. The topological polar surface area (TPSA) is 99.9 Å². The van der Waals surface area contributed by atoms with Gasteiger partial charge < -0.3 is 24.3 Å². The summed E-state index contributed by atoms with van der Waals surface area (Å²) >= 11 is 6.71. The van der Waals surface area contributed by atoms with Crippen LogP contribution >= 0.6 is 11.6 Å². The Morgan fingerprint density at radius 3 is 2.78 bits per heavy atom. The number of carbonyl (C=O) groups is 1. The third kappa shape index (κ3) is 6.09. The van der Waals surface area contributed by atoms with Crippen molar-refractivity contribution in [3.63, 3.8) is 0 Å². The van der Waals surface area contributed by atoms with Crippen molar-refractivity contribution in [2.24, 2.45) is 0 Å². The van der Waals surface area contributed by atoms with Gasteiger partial charge in [0.1, 0.15) is 18.2 Å². The van der Waals surface area contributed by atoms with E-state index in [1.54, 1.807) is 12.3 Å². The molecule has 4 aromatic rings. The number of nitrogens with one attached hydrogen (secondary N) is 1. The number of benzene rings is 2. The molecule has 1 N–H and O–H groups in total. The lowest BCUT2D eigenvalue weighted by Gasteiger charge is -2.34. The van der Waals surface area contributed by atoms with Crippen LogP contribution in [0.2, 0.25) is 5.02 Å². The highest BCUT2D eigenvalue weighted by Gasteiger charge is 2.45. The van der Waals surface area contributed by atoms with Crippen LogP contribution < -0.4 is 19.9 Å². The number of oxazole rings is 1. The van der Waals surface area contributed by atoms with Crippen molar-refractivity contribution in [1.29, 1.82) is 0 Å². The van der Waals surface area contributed by atoms with Crippen molar-refractivity contribution >= 4 is 45.9 Å². The first-order chi connectivity index (χ1) is 22.0. The van der Waals surface area contributed by atoms with Gasteiger partial charge in [0, 0.05) is 49.4 Å². The Morgan fingerprint density at radius 1 is 1.16 bits per heavy atom. The Hall–Kier alpha value is -4.15. The number of hydrogen-bond acceptors (Lipinski definition) is 9. The van der Waals surface area contributed by atoms with Gasteiger partial charge in [-0.2, -0.15) is 9.97 Å². The molecule has 2 fully saturated rings. The van der Waals surface area contributed by atoms with Crippen molar-refractivity contribution in [2.45, 2.75) is 44.2 Å². The van der Waals surface area contributed by atoms with E-state index in [2.05, 4.69) is 49.3 Å². The first-order valence-electron chi connectivity index (χ1n) is 15.7. The van der Waals surface area contributed by atoms with Crippen LogP contribution in [0.15, 0.2) is 59.5 Å². The third-order valence-electron chi connectivity index (χ3n) is 9.43. The second-order valence-electron chi connectivity index (χ2n) is 12.2. The smallest absolute Gasteiger partial charge is 0.318 e. The van der Waals surface area contributed by atoms with E-state index < -0.39 is 0 Å². The van der Waals surface area contributed by atoms with Crippen molar-refractivity contribution in [1.82, 2.24) is 25.2 Å². The average Bonchev–Trinajstić information content (AvgIpc) is 3.80. The van der Waals surface area contributed by atoms with Gasteiger partial charge in [0.2, 0.25) is 5.91 Å². The quantitative estimate of drug-likeness (QED) is 0.241. The van der Waals surface area contributed by atoms with Gasteiger partial charge in [-0.1, -0.05) is 35.9 Å². The molecule has 0 aliphatic carbocycles. The molecule has 11 heteroatoms. The molecule has 2 aromatic carbocycles. The zero-order valence-corrected chi connectivity index (χ0v) is 26.3. The van der Waals surface area contributed by atoms with E-state index in [0.29, 0.717) is 38.0 Å². The van der Waals surface area contributed by atoms with E-state index in [0.717, 1.165) is 77.5 Å². The number of anilines is 2. The summed E-state index contributed by atoms with van der Waals surface area (Å²) in [5, 5.41) is 5.87. The van der Waals surface area contributed by atoms with E-state index in [9.17, 15) is 4.79 Å². The molecule has 5 heterocycles. The fourth-order valence-electron chi connectivity index (χ4n) is 7.15. The van der Waals surface area contributed by atoms with Gasteiger partial charge in [-0.3, -0.25) is 9.69 Å². The van der Waals surface area contributed by atoms with Gasteiger partial charge in [-0.15, -0.1) is 0 Å². The highest BCUT2D eigenvalue weighted by molar-refractivity contribution is 6.36. The Bertz CT molecular complexity index is 1690. The summed E-state index contributed by atoms with van der Waals surface area (Å²) in [6.45, 7) is 5.34. The van der Waals surface area contributed by atoms with Crippen LogP contribution in [0, 0.1) is 0 Å². The van der Waals surface area contributed by atoms with Crippen LogP contribution in [0.3, 0.4) is 0 Å². The molecule has 2 aromatic heterocycles. The van der Waals surface area contributed by atoms with Crippen molar-refractivity contribution < 1.29 is 13.9 Å². The normalized spacial score (nSPS) is 17.5. The molecule has 0 bridgehead atoms. The Balaban J connectivity index is 1.12. The molecule has 45 heavy (non-hydrogen) atoms. The monoisotopic (exact) mass is 627 g/mol. The number of likely N-dealkylation sites (N-methyl/N-ethyl adjacent to an activating group) is 1. The Kier molecular flexibility index (Phi) is 8.33. The molecule has 0 saturated carbocycles. The first-order valence-corrected chi connectivity index (χ1v) is 16.1. The summed E-state index contributed by atoms with van der Waals surface area (Å²) in [6.07, 6.45) is 11.5. The number of fused-ring (bicyclic) bond motifs is 3. The van der Waals surface area contributed by atoms with Gasteiger partial charge in [0.05, 0.1) is 29.0 Å². The summed E-state index contributed by atoms with van der Waals surface area (Å²) < 4.78 is 11.6. The molecular weight excluding hydrogens is 590 g/mol. The number of ether oxygens (including phenoxy) is 1. The van der Waals surface area contributed by atoms with Crippen LogP contribution in [0.25, 0.3) is 16.8 Å². The molecule has 0 spiro atoms. The highest BCUT2D eigenvalue weighted by Crippen LogP contribution is 2.40. The summed E-state index contributed by atoms with van der Waals surface area (Å²) in [4.78, 5) is 33.3. The number of aromatic nitrogens is 3. The molecule has 3 aliphatic rings. The second-order valence-corrected chi connectivity index (χ2v) is 12.6. The lowest BCUT2D eigenvalue weighted by Crippen LogP contribution is -2.43. The number of carbonyl (C=O) groups excluding carboxylic acids is 1. The molecule has 0 unspecified atom stereocenters. The van der Waals surface area contributed by atoms with Gasteiger partial charge >= 0.3 is 6.01 Å². The SMILES string of the molecule is CN(CCNC(=O)/C=C/c1cnco1)c1nc(OCC23CCCN2CCC3)nc2c1CCN(c1cccc3cccc(Cl)c13)C2. The number of rotatable bonds is 10. The molecule has 3 aliphatic heterocycles. The average molecular weight is 628 g/mol. The van der Waals surface area contributed by atoms with Crippen LogP contribution in [0.1, 0.15) is 42.7 Å². The van der Waals surface area contributed by atoms with Crippen molar-refractivity contribution in [3.8, 4) is 6.01 Å². The molecule has 0 radical (unpaired) electrons. The van der Waals surface area contributed by atoms with E-state index in [-0.39, 0.29) is 11.4 Å². The molecule has 1 amide bonds. The van der Waals surface area contributed by atoms with Crippen molar-refractivity contribution in [2.75, 3.05) is 56.2 Å². The summed E-state index contributed by atoms with van der Waals surface area (Å²) in [5.41, 5.74) is 3.28. The minimum Gasteiger partial charge on any atom is -0.461 e. The standard InChI is InChI=1S/C34H38ClN7O3/c1-40(19-15-37-30(43)11-10-25-20-36-23-45-25)32-26-12-18-41(29-9-3-7-24-6-2-8-27(35)31(24)29)21-28(26)38-33(39-32)44-22-34-13-4-16-42(34)17-5-14-34/h2-3,6-11,20,23H,4-5,12-19,21-22H2,1H3,(H,37,43)/b11-10+. The number of halogens is 1. The predicted molar refractivity (Wildman–Crippen MR) is 176 cm³/mol. The zero-order valence-electron chi connectivity index (χ0n) is 25.5. The lowest BCUT2D eigenvalue weighted by atomic mass is 9.95. The minimum atomic E-state index is -0.199. The van der Waals surface area contributed by atoms with E-state index in [4.69, 9.17) is 30.7 Å². The van der Waals surface area contributed by atoms with Gasteiger partial charge in [-0.25, -0.2) is 4.98 Å². The largest absolute Gasteiger partial charge is 0.461 e. The maximum atomic E-state index is 12.4. The lowest BCUT2D eigenvalue weighted by molar-refractivity contribution is -0.116. The summed E-state index contributed by atoms with van der Waals surface area (Å²) in [7, 11) is 2.01. The van der Waals surface area contributed by atoms with Gasteiger partial charge in [0.15, 0.2) is 6.39 Å². The predicted octanol–water partition coefficient (Wildman–Crippen LogP) is 5.11. The fraction of sp³-hybridized carbons (Fsp3) is 0.412. The molecular formula is C34H38ClN7O3. The zero-order chi connectivity index (χ0) is 30.8. The summed E-state index contributed by atoms with van der Waals surface area (Å²) in [5.74, 6) is 1.18. The van der Waals surface area contributed by atoms with E-state index in [1.807, 2.05) is 19.2 Å². The highest BCUT2D eigenvalue weighted by atomic mass is 35.5. The number of hydrogen-bond donors (Lipinski definition) is 1. The molecule has 2 saturated heterocycles. The second kappa shape index (κ2) is 12.7. The van der Waals surface area contributed by atoms with Crippen LogP contribution in [0.4, 0.5) is 11.5 Å². The van der Waals surface area contributed by atoms with Crippen LogP contribution in [-0.4, -0.2) is 77.7 Å². The Labute approximate surface area is 268 Å². The maximum Gasteiger partial charge on any atom is 0.318 e. The Morgan fingerprint density at radius 2 is 1.98 bits per heavy atom. The van der Waals surface area contributed by atoms with E-state index >= 15 is 0 Å². The molecule has 7 rings (SSSR count). The van der Waals surface area contributed by atoms with Crippen molar-refractivity contribution in [3.05, 3.63) is 77.1 Å². The number of amides is 1. The fourth-order valence-corrected chi connectivity index (χ4v) is 7.43. The molecule has 234 valence electrons. The third-order valence-corrected chi connectivity index (χ3v) is 9.75. The first kappa shape index (κ1) is 29.6. The maximum absolute atomic E-state index is 12.4. The minimum absolute atomic E-state index is 0.0978. The van der Waals surface area contributed by atoms with Crippen LogP contribution in [0.5, 0.6) is 6.01 Å². The van der Waals surface area contributed by atoms with Gasteiger partial charge in [-0.05, 0) is 68.8 Å². The van der Waals surface area contributed by atoms with Crippen LogP contribution in [-0.2, 0) is 17.8 Å². The van der Waals surface area contributed by atoms with Gasteiger partial charge in [0.25, 0.3) is 0 Å². The summed E-state index contributed by atoms with van der Waals surface area (Å²) in [6, 6.07) is 12.8. The van der Waals surface area contributed by atoms with E-state index in [1.165, 1.54) is 25.3 Å².